The maximum Gasteiger partial charge on any atom is 0.191 e. The van der Waals surface area contributed by atoms with Crippen molar-refractivity contribution in [3.63, 3.8) is 0 Å². The molecule has 2 N–H and O–H groups in total. The van der Waals surface area contributed by atoms with E-state index in [9.17, 15) is 0 Å². The fourth-order valence-corrected chi connectivity index (χ4v) is 4.31. The molecule has 0 aliphatic carbocycles. The van der Waals surface area contributed by atoms with Gasteiger partial charge in [0.2, 0.25) is 0 Å². The molecule has 1 aromatic carbocycles. The average Bonchev–Trinajstić information content (AvgIpc) is 3.18. The van der Waals surface area contributed by atoms with E-state index in [0.29, 0.717) is 12.2 Å². The number of benzene rings is 1. The summed E-state index contributed by atoms with van der Waals surface area (Å²) in [4.78, 5) is 8.18. The third-order valence-corrected chi connectivity index (χ3v) is 5.79. The largest absolute Gasteiger partial charge is 0.373 e. The van der Waals surface area contributed by atoms with Crippen LogP contribution in [0.15, 0.2) is 46.8 Å². The molecule has 7 heteroatoms. The Kier molecular flexibility index (Phi) is 10.4. The van der Waals surface area contributed by atoms with Gasteiger partial charge in [-0.25, -0.2) is 0 Å². The van der Waals surface area contributed by atoms with Crippen molar-refractivity contribution >= 4 is 41.3 Å². The van der Waals surface area contributed by atoms with Gasteiger partial charge in [-0.15, -0.1) is 35.3 Å². The first-order chi connectivity index (χ1) is 13.6. The van der Waals surface area contributed by atoms with Crippen molar-refractivity contribution in [2.75, 3.05) is 26.7 Å². The molecule has 2 unspecified atom stereocenters. The summed E-state index contributed by atoms with van der Waals surface area (Å²) in [5.41, 5.74) is 2.61. The lowest BCUT2D eigenvalue weighted by Gasteiger charge is -2.35. The summed E-state index contributed by atoms with van der Waals surface area (Å²) in [6.07, 6.45) is 1.64. The summed E-state index contributed by atoms with van der Waals surface area (Å²) < 4.78 is 5.82. The first-order valence-electron chi connectivity index (χ1n) is 10.0. The molecule has 2 atom stereocenters. The number of guanidine groups is 1. The van der Waals surface area contributed by atoms with Crippen LogP contribution >= 0.6 is 35.3 Å². The van der Waals surface area contributed by atoms with Crippen LogP contribution in [0, 0.1) is 0 Å². The molecule has 1 aromatic heterocycles. The topological polar surface area (TPSA) is 48.9 Å². The van der Waals surface area contributed by atoms with Gasteiger partial charge < -0.3 is 15.4 Å². The number of hydrogen-bond acceptors (Lipinski definition) is 4. The molecular formula is C22H33IN4OS. The van der Waals surface area contributed by atoms with Gasteiger partial charge in [0.1, 0.15) is 0 Å². The van der Waals surface area contributed by atoms with Gasteiger partial charge in [0.25, 0.3) is 0 Å². The number of aliphatic imine (C=N–C) groups is 1. The van der Waals surface area contributed by atoms with Crippen molar-refractivity contribution in [2.24, 2.45) is 4.99 Å². The highest BCUT2D eigenvalue weighted by molar-refractivity contribution is 14.0. The molecule has 2 aromatic rings. The Balaban J connectivity index is 0.00000300. The molecule has 0 bridgehead atoms. The van der Waals surface area contributed by atoms with E-state index < -0.39 is 0 Å². The Hall–Kier alpha value is -1.16. The molecule has 1 aliphatic rings. The smallest absolute Gasteiger partial charge is 0.191 e. The second-order valence-corrected chi connectivity index (χ2v) is 8.48. The molecule has 29 heavy (non-hydrogen) atoms. The Bertz CT molecular complexity index is 726. The minimum atomic E-state index is 0. The van der Waals surface area contributed by atoms with Crippen LogP contribution in [0.5, 0.6) is 0 Å². The molecule has 2 heterocycles. The second-order valence-electron chi connectivity index (χ2n) is 7.45. The Morgan fingerprint density at radius 2 is 1.79 bits per heavy atom. The fourth-order valence-electron chi connectivity index (χ4n) is 3.60. The highest BCUT2D eigenvalue weighted by atomic mass is 127. The highest BCUT2D eigenvalue weighted by Gasteiger charge is 2.21. The molecule has 1 aliphatic heterocycles. The summed E-state index contributed by atoms with van der Waals surface area (Å²) in [5, 5.41) is 8.89. The molecule has 160 valence electrons. The summed E-state index contributed by atoms with van der Waals surface area (Å²) in [5.74, 6) is 0.844. The molecule has 1 saturated heterocycles. The molecular weight excluding hydrogens is 495 g/mol. The number of nitrogens with zero attached hydrogens (tertiary/aromatic N) is 2. The lowest BCUT2D eigenvalue weighted by molar-refractivity contribution is -0.0704. The summed E-state index contributed by atoms with van der Waals surface area (Å²) >= 11 is 1.80. The van der Waals surface area contributed by atoms with Gasteiger partial charge in [-0.1, -0.05) is 30.3 Å². The first-order valence-corrected chi connectivity index (χ1v) is 10.9. The fraction of sp³-hybridized carbons (Fsp3) is 0.500. The van der Waals surface area contributed by atoms with Crippen molar-refractivity contribution in [3.05, 3.63) is 57.8 Å². The predicted molar refractivity (Wildman–Crippen MR) is 133 cm³/mol. The van der Waals surface area contributed by atoms with Crippen LogP contribution in [0.4, 0.5) is 0 Å². The first kappa shape index (κ1) is 24.1. The Morgan fingerprint density at radius 1 is 1.10 bits per heavy atom. The van der Waals surface area contributed by atoms with E-state index in [1.807, 2.05) is 7.05 Å². The van der Waals surface area contributed by atoms with Crippen LogP contribution in [0.2, 0.25) is 0 Å². The molecule has 0 amide bonds. The molecule has 1 fully saturated rings. The average molecular weight is 529 g/mol. The van der Waals surface area contributed by atoms with Gasteiger partial charge in [-0.2, -0.15) is 0 Å². The van der Waals surface area contributed by atoms with Gasteiger partial charge in [0.15, 0.2) is 5.96 Å². The third-order valence-electron chi connectivity index (χ3n) is 4.85. The quantitative estimate of drug-likeness (QED) is 0.326. The maximum absolute atomic E-state index is 5.82. The van der Waals surface area contributed by atoms with Crippen LogP contribution in [0.1, 0.15) is 29.9 Å². The highest BCUT2D eigenvalue weighted by Crippen LogP contribution is 2.15. The van der Waals surface area contributed by atoms with Gasteiger partial charge in [-0.3, -0.25) is 9.89 Å². The summed E-state index contributed by atoms with van der Waals surface area (Å²) in [6.45, 7) is 8.94. The summed E-state index contributed by atoms with van der Waals surface area (Å²) in [7, 11) is 1.81. The standard InChI is InChI=1S/C22H32N4OS.HI/c1-17-14-26(15-18(2)27-17)16-20-8-6-19(7-9-20)13-25-22(23-3)24-11-10-21-5-4-12-28-21;/h4-9,12,17-18H,10-11,13-16H2,1-3H3,(H2,23,24,25);1H. The number of hydrogen-bond donors (Lipinski definition) is 2. The predicted octanol–water partition coefficient (Wildman–Crippen LogP) is 3.88. The SMILES string of the molecule is CN=C(NCCc1cccs1)NCc1ccc(CN2CC(C)OC(C)C2)cc1.I. The van der Waals surface area contributed by atoms with Crippen molar-refractivity contribution in [3.8, 4) is 0 Å². The molecule has 5 nitrogen and oxygen atoms in total. The lowest BCUT2D eigenvalue weighted by atomic mass is 10.1. The van der Waals surface area contributed by atoms with Gasteiger partial charge in [-0.05, 0) is 42.8 Å². The van der Waals surface area contributed by atoms with E-state index in [4.69, 9.17) is 4.74 Å². The molecule has 0 spiro atoms. The van der Waals surface area contributed by atoms with E-state index in [1.165, 1.54) is 16.0 Å². The van der Waals surface area contributed by atoms with E-state index >= 15 is 0 Å². The number of morpholine rings is 1. The number of nitrogens with one attached hydrogen (secondary N) is 2. The van der Waals surface area contributed by atoms with Crippen molar-refractivity contribution in [2.45, 2.75) is 45.6 Å². The Labute approximate surface area is 196 Å². The number of ether oxygens (including phenoxy) is 1. The second kappa shape index (κ2) is 12.5. The van der Waals surface area contributed by atoms with Crippen LogP contribution in [0.25, 0.3) is 0 Å². The minimum Gasteiger partial charge on any atom is -0.373 e. The maximum atomic E-state index is 5.82. The van der Waals surface area contributed by atoms with Gasteiger partial charge in [0.05, 0.1) is 12.2 Å². The number of thiophene rings is 1. The lowest BCUT2D eigenvalue weighted by Crippen LogP contribution is -2.44. The van der Waals surface area contributed by atoms with E-state index in [2.05, 4.69) is 76.2 Å². The zero-order valence-electron chi connectivity index (χ0n) is 17.6. The van der Waals surface area contributed by atoms with Crippen LogP contribution in [0.3, 0.4) is 0 Å². The van der Waals surface area contributed by atoms with Gasteiger partial charge in [0, 0.05) is 44.6 Å². The van der Waals surface area contributed by atoms with Crippen LogP contribution in [-0.4, -0.2) is 49.7 Å². The van der Waals surface area contributed by atoms with Crippen molar-refractivity contribution < 1.29 is 4.74 Å². The monoisotopic (exact) mass is 528 g/mol. The zero-order valence-corrected chi connectivity index (χ0v) is 20.7. The normalized spacial score (nSPS) is 20.2. The van der Waals surface area contributed by atoms with Gasteiger partial charge >= 0.3 is 0 Å². The molecule has 0 radical (unpaired) electrons. The summed E-state index contributed by atoms with van der Waals surface area (Å²) in [6, 6.07) is 13.1. The Morgan fingerprint density at radius 3 is 2.41 bits per heavy atom. The van der Waals surface area contributed by atoms with E-state index in [-0.39, 0.29) is 24.0 Å². The van der Waals surface area contributed by atoms with Crippen molar-refractivity contribution in [1.82, 2.24) is 15.5 Å². The van der Waals surface area contributed by atoms with Crippen molar-refractivity contribution in [1.29, 1.82) is 0 Å². The number of rotatable bonds is 7. The number of halogens is 1. The third kappa shape index (κ3) is 8.24. The minimum absolute atomic E-state index is 0. The molecule has 0 saturated carbocycles. The molecule has 3 rings (SSSR count). The van der Waals surface area contributed by atoms with Crippen LogP contribution in [-0.2, 0) is 24.2 Å². The zero-order chi connectivity index (χ0) is 19.8. The van der Waals surface area contributed by atoms with E-state index in [0.717, 1.165) is 45.1 Å². The van der Waals surface area contributed by atoms with E-state index in [1.54, 1.807) is 11.3 Å². The van der Waals surface area contributed by atoms with Crippen LogP contribution < -0.4 is 10.6 Å².